The number of aromatic hydroxyl groups is 1. The van der Waals surface area contributed by atoms with Gasteiger partial charge in [0, 0.05) is 15.1 Å². The van der Waals surface area contributed by atoms with Crippen LogP contribution in [-0.2, 0) is 0 Å². The highest BCUT2D eigenvalue weighted by atomic mass is 79.9. The second-order valence-corrected chi connectivity index (χ2v) is 7.88. The number of amides is 2. The summed E-state index contributed by atoms with van der Waals surface area (Å²) in [5.41, 5.74) is -0.505. The Bertz CT molecular complexity index is 1340. The molecule has 0 fully saturated rings. The lowest BCUT2D eigenvalue weighted by Crippen LogP contribution is -2.31. The van der Waals surface area contributed by atoms with Crippen molar-refractivity contribution in [2.75, 3.05) is 5.32 Å². The van der Waals surface area contributed by atoms with Crippen molar-refractivity contribution in [3.8, 4) is 17.0 Å². The number of aryl methyl sites for hydroxylation is 1. The minimum Gasteiger partial charge on any atom is -0.493 e. The highest BCUT2D eigenvalue weighted by Crippen LogP contribution is 2.22. The van der Waals surface area contributed by atoms with E-state index in [1.54, 1.807) is 49.4 Å². The van der Waals surface area contributed by atoms with Crippen molar-refractivity contribution in [1.82, 2.24) is 9.55 Å². The predicted molar refractivity (Wildman–Crippen MR) is 121 cm³/mol. The molecule has 3 N–H and O–H groups in total. The maximum Gasteiger partial charge on any atom is 0.345 e. The molecular formula is C20H14BrN5O4S. The van der Waals surface area contributed by atoms with Gasteiger partial charge in [-0.05, 0) is 66.7 Å². The molecule has 11 heteroatoms. The molecule has 0 aliphatic heterocycles. The zero-order valence-corrected chi connectivity index (χ0v) is 18.3. The standard InChI is InChI=1S/C20H14BrN5O4S/c1-11-8-13(4-7-16(11)21)26-18(28)15(17(27)25-20(26)30)9-23-19(29)24-12-2-5-14(6-3-12)31-10-22/h2-9,28H,1H3,(H,24,29)(H,25,27,30). The zero-order valence-electron chi connectivity index (χ0n) is 15.9. The molecule has 0 aliphatic rings. The van der Waals surface area contributed by atoms with Crippen LogP contribution >= 0.6 is 27.7 Å². The number of nitrogens with one attached hydrogen (secondary N) is 2. The number of hydrogen-bond acceptors (Lipinski definition) is 6. The second-order valence-electron chi connectivity index (χ2n) is 6.17. The summed E-state index contributed by atoms with van der Waals surface area (Å²) >= 11 is 4.34. The molecule has 2 aromatic carbocycles. The number of aromatic nitrogens is 2. The summed E-state index contributed by atoms with van der Waals surface area (Å²) in [5, 5.41) is 23.6. The number of aromatic amines is 1. The lowest BCUT2D eigenvalue weighted by atomic mass is 10.2. The average Bonchev–Trinajstić information content (AvgIpc) is 2.72. The van der Waals surface area contributed by atoms with Gasteiger partial charge in [-0.1, -0.05) is 15.9 Å². The van der Waals surface area contributed by atoms with Crippen LogP contribution in [0.3, 0.4) is 0 Å². The number of rotatable bonds is 4. The number of carbonyl (C=O) groups is 1. The number of aliphatic imine (C=N–C) groups is 1. The van der Waals surface area contributed by atoms with Crippen LogP contribution in [0.1, 0.15) is 11.1 Å². The van der Waals surface area contributed by atoms with E-state index < -0.39 is 23.2 Å². The Labute approximate surface area is 188 Å². The van der Waals surface area contributed by atoms with Crippen molar-refractivity contribution in [3.05, 3.63) is 78.9 Å². The van der Waals surface area contributed by atoms with Crippen LogP contribution in [0.5, 0.6) is 5.88 Å². The van der Waals surface area contributed by atoms with Gasteiger partial charge in [-0.2, -0.15) is 5.26 Å². The van der Waals surface area contributed by atoms with Crippen LogP contribution in [0.2, 0.25) is 0 Å². The third kappa shape index (κ3) is 5.11. The number of thiocyanates is 1. The number of hydrogen-bond donors (Lipinski definition) is 3. The molecule has 1 heterocycles. The maximum atomic E-state index is 12.3. The monoisotopic (exact) mass is 499 g/mol. The van der Waals surface area contributed by atoms with Crippen molar-refractivity contribution in [3.63, 3.8) is 0 Å². The van der Waals surface area contributed by atoms with Crippen LogP contribution in [0.4, 0.5) is 10.5 Å². The van der Waals surface area contributed by atoms with Crippen molar-refractivity contribution in [1.29, 1.82) is 5.26 Å². The summed E-state index contributed by atoms with van der Waals surface area (Å²) < 4.78 is 1.72. The first-order valence-corrected chi connectivity index (χ1v) is 10.3. The van der Waals surface area contributed by atoms with Crippen LogP contribution < -0.4 is 16.6 Å². The molecule has 3 aromatic rings. The number of halogens is 1. The fourth-order valence-corrected chi connectivity index (χ4v) is 3.22. The van der Waals surface area contributed by atoms with E-state index in [1.165, 1.54) is 0 Å². The van der Waals surface area contributed by atoms with E-state index in [2.05, 4.69) is 31.2 Å². The topological polar surface area (TPSA) is 140 Å². The summed E-state index contributed by atoms with van der Waals surface area (Å²) in [6.07, 6.45) is 0.880. The Morgan fingerprint density at radius 1 is 1.29 bits per heavy atom. The lowest BCUT2D eigenvalue weighted by Gasteiger charge is -2.11. The van der Waals surface area contributed by atoms with Gasteiger partial charge in [-0.15, -0.1) is 0 Å². The minimum atomic E-state index is -0.887. The Morgan fingerprint density at radius 3 is 2.65 bits per heavy atom. The molecule has 9 nitrogen and oxygen atoms in total. The number of anilines is 1. The highest BCUT2D eigenvalue weighted by molar-refractivity contribution is 9.10. The molecular weight excluding hydrogens is 486 g/mol. The molecule has 0 saturated carbocycles. The Kier molecular flexibility index (Phi) is 6.74. The summed E-state index contributed by atoms with van der Waals surface area (Å²) in [4.78, 5) is 42.9. The van der Waals surface area contributed by atoms with Crippen molar-refractivity contribution in [2.45, 2.75) is 11.8 Å². The van der Waals surface area contributed by atoms with Crippen molar-refractivity contribution < 1.29 is 9.90 Å². The van der Waals surface area contributed by atoms with Crippen LogP contribution in [0.25, 0.3) is 5.69 Å². The number of nitriles is 1. The third-order valence-corrected chi connectivity index (χ3v) is 5.59. The Balaban J connectivity index is 1.88. The fourth-order valence-electron chi connectivity index (χ4n) is 2.60. The van der Waals surface area contributed by atoms with Gasteiger partial charge in [0.05, 0.1) is 11.9 Å². The molecule has 0 atom stereocenters. The Hall–Kier alpha value is -3.62. The van der Waals surface area contributed by atoms with E-state index in [-0.39, 0.29) is 5.56 Å². The Morgan fingerprint density at radius 2 is 2.00 bits per heavy atom. The molecule has 1 aromatic heterocycles. The third-order valence-electron chi connectivity index (χ3n) is 4.10. The predicted octanol–water partition coefficient (Wildman–Crippen LogP) is 3.53. The van der Waals surface area contributed by atoms with Gasteiger partial charge in [0.25, 0.3) is 5.56 Å². The summed E-state index contributed by atoms with van der Waals surface area (Å²) in [6, 6.07) is 10.6. The molecule has 0 saturated heterocycles. The van der Waals surface area contributed by atoms with E-state index in [1.807, 2.05) is 5.40 Å². The first-order chi connectivity index (χ1) is 14.8. The molecule has 0 spiro atoms. The van der Waals surface area contributed by atoms with Crippen molar-refractivity contribution in [2.24, 2.45) is 4.99 Å². The number of H-pyrrole nitrogens is 1. The minimum absolute atomic E-state index is 0.328. The number of benzene rings is 2. The quantitative estimate of drug-likeness (QED) is 0.285. The number of carbonyl (C=O) groups excluding carboxylic acids is 1. The van der Waals surface area contributed by atoms with Crippen LogP contribution in [0.15, 0.2) is 66.4 Å². The second kappa shape index (κ2) is 9.46. The SMILES string of the molecule is Cc1cc(-n2c(O)c(C=NC(=O)Nc3ccc(SC#N)cc3)c(=O)[nH]c2=O)ccc1Br. The molecule has 0 bridgehead atoms. The van der Waals surface area contributed by atoms with Gasteiger partial charge < -0.3 is 10.4 Å². The number of thioether (sulfide) groups is 1. The van der Waals surface area contributed by atoms with E-state index in [9.17, 15) is 19.5 Å². The summed E-state index contributed by atoms with van der Waals surface area (Å²) in [6.45, 7) is 1.81. The van der Waals surface area contributed by atoms with E-state index in [0.29, 0.717) is 16.3 Å². The number of urea groups is 1. The zero-order chi connectivity index (χ0) is 22.5. The summed E-state index contributed by atoms with van der Waals surface area (Å²) in [7, 11) is 0. The normalized spacial score (nSPS) is 10.7. The maximum absolute atomic E-state index is 12.3. The largest absolute Gasteiger partial charge is 0.493 e. The van der Waals surface area contributed by atoms with E-state index in [4.69, 9.17) is 5.26 Å². The van der Waals surface area contributed by atoms with E-state index >= 15 is 0 Å². The van der Waals surface area contributed by atoms with E-state index in [0.717, 1.165) is 32.6 Å². The number of nitrogens with zero attached hydrogens (tertiary/aromatic N) is 3. The first kappa shape index (κ1) is 22.1. The van der Waals surface area contributed by atoms with Gasteiger partial charge in [0.1, 0.15) is 11.0 Å². The molecule has 0 radical (unpaired) electrons. The van der Waals surface area contributed by atoms with Gasteiger partial charge in [0.15, 0.2) is 0 Å². The first-order valence-electron chi connectivity index (χ1n) is 8.66. The molecule has 0 aliphatic carbocycles. The highest BCUT2D eigenvalue weighted by Gasteiger charge is 2.15. The fraction of sp³-hybridized carbons (Fsp3) is 0.0500. The van der Waals surface area contributed by atoms with Gasteiger partial charge >= 0.3 is 11.7 Å². The smallest absolute Gasteiger partial charge is 0.345 e. The van der Waals surface area contributed by atoms with Crippen LogP contribution in [-0.4, -0.2) is 26.9 Å². The summed E-state index contributed by atoms with van der Waals surface area (Å²) in [5.74, 6) is -0.648. The van der Waals surface area contributed by atoms with Gasteiger partial charge in [-0.25, -0.2) is 19.1 Å². The molecule has 31 heavy (non-hydrogen) atoms. The molecule has 2 amide bonds. The molecule has 156 valence electrons. The average molecular weight is 500 g/mol. The van der Waals surface area contributed by atoms with Gasteiger partial charge in [0.2, 0.25) is 5.88 Å². The van der Waals surface area contributed by atoms with Crippen LogP contribution in [0, 0.1) is 17.6 Å². The van der Waals surface area contributed by atoms with Gasteiger partial charge in [-0.3, -0.25) is 9.78 Å². The molecule has 3 rings (SSSR count). The molecule has 0 unspecified atom stereocenters. The lowest BCUT2D eigenvalue weighted by molar-refractivity contribution is 0.259. The van der Waals surface area contributed by atoms with Crippen molar-refractivity contribution >= 4 is 45.6 Å².